The molecule has 0 bridgehead atoms. The summed E-state index contributed by atoms with van der Waals surface area (Å²) >= 11 is 0. The van der Waals surface area contributed by atoms with Crippen LogP contribution in [0.2, 0.25) is 0 Å². The molecule has 3 amide bonds. The SMILES string of the molecule is CC(C)(C)OC(=O)NCC(=O)Nc1ccc(CNC(=O)c2ccc3nc[nH]c3c2)cc1. The third kappa shape index (κ3) is 6.56. The molecule has 0 aliphatic rings. The van der Waals surface area contributed by atoms with E-state index in [1.54, 1.807) is 69.6 Å². The summed E-state index contributed by atoms with van der Waals surface area (Å²) in [5.41, 5.74) is 2.97. The molecule has 0 saturated heterocycles. The number of nitrogens with zero attached hydrogens (tertiary/aromatic N) is 1. The maximum atomic E-state index is 12.4. The summed E-state index contributed by atoms with van der Waals surface area (Å²) in [6.45, 7) is 5.37. The van der Waals surface area contributed by atoms with E-state index >= 15 is 0 Å². The lowest BCUT2D eigenvalue weighted by Crippen LogP contribution is -2.37. The van der Waals surface area contributed by atoms with E-state index in [2.05, 4.69) is 25.9 Å². The van der Waals surface area contributed by atoms with E-state index in [4.69, 9.17) is 4.74 Å². The van der Waals surface area contributed by atoms with Crippen molar-refractivity contribution in [3.8, 4) is 0 Å². The topological polar surface area (TPSA) is 125 Å². The number of imidazole rings is 1. The summed E-state index contributed by atoms with van der Waals surface area (Å²) in [5, 5.41) is 7.95. The Morgan fingerprint density at radius 1 is 1.03 bits per heavy atom. The van der Waals surface area contributed by atoms with E-state index in [1.807, 2.05) is 0 Å². The van der Waals surface area contributed by atoms with Crippen LogP contribution in [-0.2, 0) is 16.1 Å². The Hall–Kier alpha value is -3.88. The molecule has 1 aromatic heterocycles. The molecule has 4 N–H and O–H groups in total. The first-order chi connectivity index (χ1) is 14.7. The van der Waals surface area contributed by atoms with Gasteiger partial charge in [-0.05, 0) is 56.7 Å². The summed E-state index contributed by atoms with van der Waals surface area (Å²) in [5.74, 6) is -0.566. The molecule has 0 aliphatic heterocycles. The maximum Gasteiger partial charge on any atom is 0.408 e. The van der Waals surface area contributed by atoms with Gasteiger partial charge < -0.3 is 25.7 Å². The highest BCUT2D eigenvalue weighted by molar-refractivity contribution is 5.97. The number of rotatable bonds is 6. The van der Waals surface area contributed by atoms with Gasteiger partial charge in [-0.2, -0.15) is 0 Å². The van der Waals surface area contributed by atoms with E-state index in [-0.39, 0.29) is 18.4 Å². The first-order valence-corrected chi connectivity index (χ1v) is 9.76. The number of carbonyl (C=O) groups excluding carboxylic acids is 3. The minimum absolute atomic E-state index is 0.193. The molecule has 0 radical (unpaired) electrons. The first kappa shape index (κ1) is 21.8. The fourth-order valence-electron chi connectivity index (χ4n) is 2.74. The van der Waals surface area contributed by atoms with Gasteiger partial charge in [0, 0.05) is 17.8 Å². The number of aromatic amines is 1. The van der Waals surface area contributed by atoms with Crippen LogP contribution in [0.5, 0.6) is 0 Å². The van der Waals surface area contributed by atoms with Gasteiger partial charge >= 0.3 is 6.09 Å². The highest BCUT2D eigenvalue weighted by atomic mass is 16.6. The van der Waals surface area contributed by atoms with Crippen molar-refractivity contribution in [3.63, 3.8) is 0 Å². The smallest absolute Gasteiger partial charge is 0.408 e. The maximum absolute atomic E-state index is 12.4. The zero-order valence-electron chi connectivity index (χ0n) is 17.6. The molecule has 0 spiro atoms. The van der Waals surface area contributed by atoms with Crippen LogP contribution in [0, 0.1) is 0 Å². The van der Waals surface area contributed by atoms with Gasteiger partial charge in [0.1, 0.15) is 12.1 Å². The third-order valence-electron chi connectivity index (χ3n) is 4.17. The predicted molar refractivity (Wildman–Crippen MR) is 117 cm³/mol. The average Bonchev–Trinajstić information content (AvgIpc) is 3.18. The number of carbonyl (C=O) groups is 3. The summed E-state index contributed by atoms with van der Waals surface area (Å²) in [4.78, 5) is 43.0. The van der Waals surface area contributed by atoms with Gasteiger partial charge in [-0.15, -0.1) is 0 Å². The monoisotopic (exact) mass is 423 g/mol. The number of aromatic nitrogens is 2. The average molecular weight is 423 g/mol. The molecule has 2 aromatic carbocycles. The quantitative estimate of drug-likeness (QED) is 0.485. The number of alkyl carbamates (subject to hydrolysis) is 1. The van der Waals surface area contributed by atoms with Crippen LogP contribution in [0.1, 0.15) is 36.7 Å². The van der Waals surface area contributed by atoms with Crippen LogP contribution in [0.25, 0.3) is 11.0 Å². The van der Waals surface area contributed by atoms with Crippen LogP contribution < -0.4 is 16.0 Å². The van der Waals surface area contributed by atoms with Crippen molar-refractivity contribution in [1.82, 2.24) is 20.6 Å². The van der Waals surface area contributed by atoms with E-state index < -0.39 is 11.7 Å². The zero-order valence-corrected chi connectivity index (χ0v) is 17.6. The standard InChI is InChI=1S/C22H25N5O4/c1-22(2,3)31-21(30)24-12-19(28)27-16-7-4-14(5-8-16)11-23-20(29)15-6-9-17-18(10-15)26-13-25-17/h4-10,13H,11-12H2,1-3H3,(H,23,29)(H,24,30)(H,25,26)(H,27,28). The minimum Gasteiger partial charge on any atom is -0.444 e. The molecular formula is C22H25N5O4. The summed E-state index contributed by atoms with van der Waals surface area (Å²) in [6.07, 6.45) is 0.931. The third-order valence-corrected chi connectivity index (χ3v) is 4.17. The van der Waals surface area contributed by atoms with Gasteiger partial charge in [-0.3, -0.25) is 9.59 Å². The number of H-pyrrole nitrogens is 1. The minimum atomic E-state index is -0.652. The second-order valence-electron chi connectivity index (χ2n) is 7.92. The lowest BCUT2D eigenvalue weighted by Gasteiger charge is -2.19. The van der Waals surface area contributed by atoms with Crippen molar-refractivity contribution >= 4 is 34.6 Å². The fraction of sp³-hybridized carbons (Fsp3) is 0.273. The Kier molecular flexibility index (Phi) is 6.54. The molecule has 0 atom stereocenters. The Bertz CT molecular complexity index is 1080. The molecule has 31 heavy (non-hydrogen) atoms. The van der Waals surface area contributed by atoms with Gasteiger partial charge in [-0.1, -0.05) is 12.1 Å². The van der Waals surface area contributed by atoms with Crippen molar-refractivity contribution < 1.29 is 19.1 Å². The molecule has 1 heterocycles. The van der Waals surface area contributed by atoms with Gasteiger partial charge in [0.05, 0.1) is 17.4 Å². The normalized spacial score (nSPS) is 11.1. The molecule has 0 saturated carbocycles. The molecule has 0 unspecified atom stereocenters. The molecule has 3 rings (SSSR count). The Morgan fingerprint density at radius 3 is 2.48 bits per heavy atom. The largest absolute Gasteiger partial charge is 0.444 e. The second-order valence-corrected chi connectivity index (χ2v) is 7.92. The van der Waals surface area contributed by atoms with Gasteiger partial charge in [-0.25, -0.2) is 9.78 Å². The fourth-order valence-corrected chi connectivity index (χ4v) is 2.74. The lowest BCUT2D eigenvalue weighted by molar-refractivity contribution is -0.115. The molecule has 162 valence electrons. The van der Waals surface area contributed by atoms with Crippen molar-refractivity contribution in [1.29, 1.82) is 0 Å². The van der Waals surface area contributed by atoms with E-state index in [9.17, 15) is 14.4 Å². The van der Waals surface area contributed by atoms with Gasteiger partial charge in [0.25, 0.3) is 5.91 Å². The van der Waals surface area contributed by atoms with Crippen LogP contribution >= 0.6 is 0 Å². The Morgan fingerprint density at radius 2 is 1.77 bits per heavy atom. The number of hydrogen-bond donors (Lipinski definition) is 4. The molecule has 9 heteroatoms. The van der Waals surface area contributed by atoms with Crippen LogP contribution in [0.3, 0.4) is 0 Å². The number of hydrogen-bond acceptors (Lipinski definition) is 5. The highest BCUT2D eigenvalue weighted by Crippen LogP contribution is 2.13. The van der Waals surface area contributed by atoms with Gasteiger partial charge in [0.15, 0.2) is 0 Å². The summed E-state index contributed by atoms with van der Waals surface area (Å²) < 4.78 is 5.08. The zero-order chi connectivity index (χ0) is 22.4. The number of anilines is 1. The molecule has 0 fully saturated rings. The summed E-state index contributed by atoms with van der Waals surface area (Å²) in [7, 11) is 0. The van der Waals surface area contributed by atoms with E-state index in [0.29, 0.717) is 17.8 Å². The highest BCUT2D eigenvalue weighted by Gasteiger charge is 2.16. The predicted octanol–water partition coefficient (Wildman–Crippen LogP) is 2.96. The second kappa shape index (κ2) is 9.29. The Balaban J connectivity index is 1.45. The van der Waals surface area contributed by atoms with Crippen molar-refractivity contribution in [3.05, 3.63) is 59.9 Å². The van der Waals surface area contributed by atoms with E-state index in [0.717, 1.165) is 16.6 Å². The first-order valence-electron chi connectivity index (χ1n) is 9.76. The van der Waals surface area contributed by atoms with Crippen LogP contribution in [0.15, 0.2) is 48.8 Å². The number of amides is 3. The van der Waals surface area contributed by atoms with Crippen molar-refractivity contribution in [2.75, 3.05) is 11.9 Å². The molecular weight excluding hydrogens is 398 g/mol. The lowest BCUT2D eigenvalue weighted by atomic mass is 10.1. The Labute approximate surface area is 179 Å². The molecule has 3 aromatic rings. The molecule has 0 aliphatic carbocycles. The van der Waals surface area contributed by atoms with E-state index in [1.165, 1.54) is 0 Å². The van der Waals surface area contributed by atoms with Crippen LogP contribution in [-0.4, -0.2) is 40.0 Å². The number of nitrogens with one attached hydrogen (secondary N) is 4. The van der Waals surface area contributed by atoms with Crippen molar-refractivity contribution in [2.24, 2.45) is 0 Å². The van der Waals surface area contributed by atoms with Crippen LogP contribution in [0.4, 0.5) is 10.5 Å². The number of ether oxygens (including phenoxy) is 1. The number of benzene rings is 2. The van der Waals surface area contributed by atoms with Crippen molar-refractivity contribution in [2.45, 2.75) is 32.9 Å². The number of fused-ring (bicyclic) bond motifs is 1. The van der Waals surface area contributed by atoms with Gasteiger partial charge in [0.2, 0.25) is 5.91 Å². The summed E-state index contributed by atoms with van der Waals surface area (Å²) in [6, 6.07) is 12.3. The molecule has 9 nitrogen and oxygen atoms in total.